The van der Waals surface area contributed by atoms with Crippen molar-refractivity contribution in [2.45, 2.75) is 42.1 Å². The minimum atomic E-state index is -5.29. The van der Waals surface area contributed by atoms with Gasteiger partial charge in [0, 0.05) is 32.0 Å². The van der Waals surface area contributed by atoms with Crippen LogP contribution < -0.4 is 20.1 Å². The van der Waals surface area contributed by atoms with Crippen LogP contribution in [0.1, 0.15) is 35.8 Å². The maximum atomic E-state index is 13.6. The number of aryl methyl sites for hydroxylation is 1. The summed E-state index contributed by atoms with van der Waals surface area (Å²) in [5.41, 5.74) is -6.82. The molecule has 4 rings (SSSR count). The number of sulfonamides is 1. The first-order valence-electron chi connectivity index (χ1n) is 11.9. The number of carbonyl (C=O) groups is 3. The Hall–Kier alpha value is -3.84. The number of amides is 3. The van der Waals surface area contributed by atoms with Crippen molar-refractivity contribution >= 4 is 33.4 Å². The Labute approximate surface area is 233 Å². The fourth-order valence-electron chi connectivity index (χ4n) is 4.46. The molecule has 4 N–H and O–H groups in total. The van der Waals surface area contributed by atoms with Gasteiger partial charge in [-0.05, 0) is 31.5 Å². The van der Waals surface area contributed by atoms with E-state index in [1.54, 1.807) is 0 Å². The van der Waals surface area contributed by atoms with E-state index in [9.17, 15) is 54.3 Å². The van der Waals surface area contributed by atoms with Gasteiger partial charge in [0.15, 0.2) is 11.4 Å². The Balaban J connectivity index is 1.55. The Morgan fingerprint density at radius 1 is 1.21 bits per heavy atom. The van der Waals surface area contributed by atoms with Crippen molar-refractivity contribution in [3.8, 4) is 5.75 Å². The van der Waals surface area contributed by atoms with E-state index in [1.165, 1.54) is 12.4 Å². The smallest absolute Gasteiger partial charge is 0.436 e. The molecule has 1 aromatic heterocycles. The third kappa shape index (κ3) is 5.75. The number of anilines is 1. The third-order valence-electron chi connectivity index (χ3n) is 6.68. The highest BCUT2D eigenvalue weighted by atomic mass is 32.2. The summed E-state index contributed by atoms with van der Waals surface area (Å²) in [7, 11) is -3.17. The SMILES string of the molecule is Cn1cc2c(c1C(=O)Nc1ccc(F)c(C(F)F)c1)OC[C@]1(CCN(C(=O)C(=O)NC(C)(O)C(F)(F)F)C1)NS2(=O)=O. The molecule has 42 heavy (non-hydrogen) atoms. The third-order valence-corrected chi connectivity index (χ3v) is 8.26. The van der Waals surface area contributed by atoms with E-state index >= 15 is 0 Å². The van der Waals surface area contributed by atoms with Gasteiger partial charge in [0.2, 0.25) is 15.7 Å². The van der Waals surface area contributed by atoms with Crippen molar-refractivity contribution in [2.75, 3.05) is 25.0 Å². The summed E-state index contributed by atoms with van der Waals surface area (Å²) in [4.78, 5) is 38.0. The summed E-state index contributed by atoms with van der Waals surface area (Å²) in [6, 6.07) is 2.44. The zero-order chi connectivity index (χ0) is 31.4. The summed E-state index contributed by atoms with van der Waals surface area (Å²) >= 11 is 0. The minimum absolute atomic E-state index is 0.148. The lowest BCUT2D eigenvalue weighted by Gasteiger charge is -2.29. The van der Waals surface area contributed by atoms with Crippen molar-refractivity contribution < 1.29 is 59.0 Å². The van der Waals surface area contributed by atoms with E-state index in [2.05, 4.69) is 10.0 Å². The van der Waals surface area contributed by atoms with Crippen LogP contribution in [0.2, 0.25) is 0 Å². The van der Waals surface area contributed by atoms with Crippen LogP contribution in [0.15, 0.2) is 29.3 Å². The van der Waals surface area contributed by atoms with Gasteiger partial charge in [-0.1, -0.05) is 0 Å². The highest BCUT2D eigenvalue weighted by molar-refractivity contribution is 7.89. The topological polar surface area (TPSA) is 159 Å². The van der Waals surface area contributed by atoms with Gasteiger partial charge in [0.1, 0.15) is 17.3 Å². The molecule has 2 aliphatic heterocycles. The van der Waals surface area contributed by atoms with Crippen molar-refractivity contribution in [1.82, 2.24) is 19.5 Å². The molecule has 19 heteroatoms. The number of aromatic nitrogens is 1. The van der Waals surface area contributed by atoms with Crippen LogP contribution in [0, 0.1) is 5.82 Å². The second-order valence-electron chi connectivity index (χ2n) is 9.95. The van der Waals surface area contributed by atoms with E-state index in [4.69, 9.17) is 4.74 Å². The number of aliphatic hydroxyl groups is 1. The lowest BCUT2D eigenvalue weighted by atomic mass is 10.0. The van der Waals surface area contributed by atoms with Gasteiger partial charge in [0.25, 0.3) is 12.3 Å². The predicted molar refractivity (Wildman–Crippen MR) is 129 cm³/mol. The molecule has 0 bridgehead atoms. The Bertz CT molecular complexity index is 1560. The van der Waals surface area contributed by atoms with E-state index in [1.807, 2.05) is 0 Å². The second-order valence-corrected chi connectivity index (χ2v) is 11.6. The minimum Gasteiger partial charge on any atom is -0.488 e. The summed E-state index contributed by atoms with van der Waals surface area (Å²) in [6.07, 6.45) is -7.58. The first kappa shape index (κ1) is 31.1. The molecular weight excluding hydrogens is 604 g/mol. The molecule has 2 atom stereocenters. The first-order chi connectivity index (χ1) is 19.3. The first-order valence-corrected chi connectivity index (χ1v) is 13.4. The molecule has 3 heterocycles. The largest absolute Gasteiger partial charge is 0.488 e. The lowest BCUT2D eigenvalue weighted by molar-refractivity contribution is -0.263. The highest BCUT2D eigenvalue weighted by Crippen LogP contribution is 2.37. The average molecular weight is 628 g/mol. The van der Waals surface area contributed by atoms with E-state index in [0.29, 0.717) is 6.07 Å². The molecule has 0 saturated carbocycles. The van der Waals surface area contributed by atoms with Crippen molar-refractivity contribution in [3.05, 3.63) is 41.5 Å². The fourth-order valence-corrected chi connectivity index (χ4v) is 6.07. The Morgan fingerprint density at radius 3 is 2.50 bits per heavy atom. The van der Waals surface area contributed by atoms with Gasteiger partial charge in [-0.15, -0.1) is 0 Å². The van der Waals surface area contributed by atoms with E-state index in [-0.39, 0.29) is 31.3 Å². The van der Waals surface area contributed by atoms with Crippen molar-refractivity contribution in [2.24, 2.45) is 7.05 Å². The molecular formula is C23H23F6N5O7S. The van der Waals surface area contributed by atoms with Crippen molar-refractivity contribution in [1.29, 1.82) is 0 Å². The number of hydrogen-bond acceptors (Lipinski definition) is 7. The number of fused-ring (bicyclic) bond motifs is 1. The summed E-state index contributed by atoms with van der Waals surface area (Å²) in [6.45, 7) is -1.07. The second kappa shape index (κ2) is 10.5. The number of rotatable bonds is 4. The van der Waals surface area contributed by atoms with Crippen LogP contribution in [0.25, 0.3) is 0 Å². The predicted octanol–water partition coefficient (Wildman–Crippen LogP) is 1.38. The molecule has 1 fully saturated rings. The Kier molecular flexibility index (Phi) is 7.75. The molecule has 2 aromatic rings. The van der Waals surface area contributed by atoms with Gasteiger partial charge in [-0.3, -0.25) is 14.4 Å². The number of benzene rings is 1. The summed E-state index contributed by atoms with van der Waals surface area (Å²) < 4.78 is 114. The molecule has 1 unspecified atom stereocenters. The summed E-state index contributed by atoms with van der Waals surface area (Å²) in [5, 5.41) is 12.9. The maximum absolute atomic E-state index is 13.6. The van der Waals surface area contributed by atoms with Crippen molar-refractivity contribution in [3.63, 3.8) is 0 Å². The summed E-state index contributed by atoms with van der Waals surface area (Å²) in [5.74, 6) is -5.88. The fraction of sp³-hybridized carbons (Fsp3) is 0.435. The van der Waals surface area contributed by atoms with Crippen LogP contribution in [0.4, 0.5) is 32.0 Å². The zero-order valence-corrected chi connectivity index (χ0v) is 22.5. The number of alkyl halides is 5. The van der Waals surface area contributed by atoms with Gasteiger partial charge in [0.05, 0.1) is 11.1 Å². The zero-order valence-electron chi connectivity index (χ0n) is 21.7. The standard InChI is InChI=1S/C23H23F6N5O7S/c1-21(38,23(27,28)29)31-19(36)20(37)34-6-5-22(9-34)10-41-16-14(42(39,40)32-22)8-33(2)15(16)18(35)30-11-3-4-13(24)12(7-11)17(25)26/h3-4,7-8,17,32,38H,5-6,9-10H2,1-2H3,(H,30,35)(H,31,36)/t21?,22-/m1/s1. The van der Waals surface area contributed by atoms with Crippen LogP contribution in [0.5, 0.6) is 5.75 Å². The number of likely N-dealkylation sites (tertiary alicyclic amines) is 1. The lowest BCUT2D eigenvalue weighted by Crippen LogP contribution is -2.60. The normalized spacial score (nSPS) is 21.3. The highest BCUT2D eigenvalue weighted by Gasteiger charge is 2.53. The Morgan fingerprint density at radius 2 is 1.88 bits per heavy atom. The maximum Gasteiger partial charge on any atom is 0.436 e. The van der Waals surface area contributed by atoms with E-state index < -0.39 is 86.8 Å². The molecule has 1 saturated heterocycles. The van der Waals surface area contributed by atoms with E-state index in [0.717, 1.165) is 27.8 Å². The quantitative estimate of drug-likeness (QED) is 0.227. The molecule has 0 radical (unpaired) electrons. The number of halogens is 6. The average Bonchev–Trinajstić information content (AvgIpc) is 3.40. The molecule has 1 aromatic carbocycles. The van der Waals surface area contributed by atoms with Crippen LogP contribution >= 0.6 is 0 Å². The molecule has 1 spiro atoms. The van der Waals surface area contributed by atoms with Gasteiger partial charge in [-0.2, -0.15) is 17.9 Å². The molecule has 3 amide bonds. The molecule has 230 valence electrons. The van der Waals surface area contributed by atoms with Gasteiger partial charge in [-0.25, -0.2) is 21.6 Å². The molecule has 2 aliphatic rings. The number of nitrogens with one attached hydrogen (secondary N) is 3. The number of nitrogens with zero attached hydrogens (tertiary/aromatic N) is 2. The number of hydrogen-bond donors (Lipinski definition) is 4. The van der Waals surface area contributed by atoms with Crippen LogP contribution in [0.3, 0.4) is 0 Å². The molecule has 0 aliphatic carbocycles. The van der Waals surface area contributed by atoms with Crippen LogP contribution in [-0.2, 0) is 26.7 Å². The van der Waals surface area contributed by atoms with Gasteiger partial charge < -0.3 is 29.9 Å². The number of ether oxygens (including phenoxy) is 1. The number of carbonyl (C=O) groups excluding carboxylic acids is 3. The monoisotopic (exact) mass is 627 g/mol. The van der Waals surface area contributed by atoms with Crippen LogP contribution in [-0.4, -0.2) is 77.8 Å². The van der Waals surface area contributed by atoms with Gasteiger partial charge >= 0.3 is 18.0 Å². The molecule has 12 nitrogen and oxygen atoms in total.